The van der Waals surface area contributed by atoms with Crippen LogP contribution in [0.1, 0.15) is 0 Å². The highest BCUT2D eigenvalue weighted by Gasteiger charge is 2.14. The summed E-state index contributed by atoms with van der Waals surface area (Å²) in [6.07, 6.45) is 0. The fourth-order valence-corrected chi connectivity index (χ4v) is 4.08. The standard InChI is InChI=1S/C14H12O4S2/c15-19(16,13-7-3-1-4-8-13)11-12-20(17,18)14-9-5-2-6-10-14/h1-12H. The Bertz CT molecular complexity index is 734. The highest BCUT2D eigenvalue weighted by Crippen LogP contribution is 2.15. The van der Waals surface area contributed by atoms with Crippen LogP contribution in [0.25, 0.3) is 0 Å². The first-order valence-electron chi connectivity index (χ1n) is 5.70. The van der Waals surface area contributed by atoms with Gasteiger partial charge in [-0.2, -0.15) is 0 Å². The van der Waals surface area contributed by atoms with Crippen LogP contribution in [0.5, 0.6) is 0 Å². The molecule has 2 aromatic rings. The summed E-state index contributed by atoms with van der Waals surface area (Å²) in [5, 5.41) is 1.43. The van der Waals surface area contributed by atoms with E-state index in [4.69, 9.17) is 0 Å². The molecule has 0 unspecified atom stereocenters. The van der Waals surface area contributed by atoms with Crippen molar-refractivity contribution in [1.82, 2.24) is 0 Å². The van der Waals surface area contributed by atoms with Gasteiger partial charge in [0, 0.05) is 10.8 Å². The number of rotatable bonds is 4. The van der Waals surface area contributed by atoms with E-state index in [0.29, 0.717) is 10.8 Å². The van der Waals surface area contributed by atoms with E-state index in [1.54, 1.807) is 36.4 Å². The van der Waals surface area contributed by atoms with Crippen molar-refractivity contribution in [3.63, 3.8) is 0 Å². The lowest BCUT2D eigenvalue weighted by molar-refractivity contribution is 0.600. The third-order valence-electron chi connectivity index (χ3n) is 2.56. The lowest BCUT2D eigenvalue weighted by atomic mass is 10.4. The smallest absolute Gasteiger partial charge is 0.200 e. The predicted octanol–water partition coefficient (Wildman–Crippen LogP) is 2.41. The van der Waals surface area contributed by atoms with Gasteiger partial charge in [0.2, 0.25) is 19.7 Å². The first-order valence-corrected chi connectivity index (χ1v) is 8.79. The molecule has 0 atom stereocenters. The van der Waals surface area contributed by atoms with Gasteiger partial charge >= 0.3 is 0 Å². The molecule has 0 heterocycles. The molecule has 0 aliphatic carbocycles. The van der Waals surface area contributed by atoms with Crippen LogP contribution in [0.4, 0.5) is 0 Å². The largest absolute Gasteiger partial charge is 0.219 e. The van der Waals surface area contributed by atoms with E-state index >= 15 is 0 Å². The maximum atomic E-state index is 12.0. The second-order valence-corrected chi connectivity index (χ2v) is 7.66. The summed E-state index contributed by atoms with van der Waals surface area (Å²) in [7, 11) is -7.52. The first-order chi connectivity index (χ1) is 9.42. The molecule has 0 spiro atoms. The Morgan fingerprint density at radius 3 is 1.15 bits per heavy atom. The highest BCUT2D eigenvalue weighted by molar-refractivity contribution is 7.97. The van der Waals surface area contributed by atoms with Crippen LogP contribution in [-0.4, -0.2) is 16.8 Å². The SMILES string of the molecule is O=S(=O)(C=CS(=O)(=O)c1ccccc1)c1ccccc1. The van der Waals surface area contributed by atoms with Crippen LogP contribution in [0.2, 0.25) is 0 Å². The quantitative estimate of drug-likeness (QED) is 0.870. The zero-order valence-corrected chi connectivity index (χ0v) is 12.0. The Labute approximate surface area is 118 Å². The van der Waals surface area contributed by atoms with Crippen molar-refractivity contribution in [2.75, 3.05) is 0 Å². The zero-order chi connectivity index (χ0) is 14.6. The molecular formula is C14H12O4S2. The molecule has 0 N–H and O–H groups in total. The normalized spacial score (nSPS) is 12.6. The number of hydrogen-bond donors (Lipinski definition) is 0. The molecule has 6 heteroatoms. The molecule has 0 aliphatic heterocycles. The van der Waals surface area contributed by atoms with E-state index in [1.165, 1.54) is 24.3 Å². The summed E-state index contributed by atoms with van der Waals surface area (Å²) in [6, 6.07) is 15.3. The summed E-state index contributed by atoms with van der Waals surface area (Å²) in [4.78, 5) is 0.110. The fourth-order valence-electron chi connectivity index (χ4n) is 1.52. The van der Waals surface area contributed by atoms with Crippen molar-refractivity contribution in [2.24, 2.45) is 0 Å². The van der Waals surface area contributed by atoms with Crippen LogP contribution >= 0.6 is 0 Å². The molecule has 4 nitrogen and oxygen atoms in total. The van der Waals surface area contributed by atoms with Crippen molar-refractivity contribution >= 4 is 19.7 Å². The van der Waals surface area contributed by atoms with Gasteiger partial charge in [0.05, 0.1) is 9.79 Å². The molecule has 0 saturated heterocycles. The van der Waals surface area contributed by atoms with Gasteiger partial charge in [0.25, 0.3) is 0 Å². The first kappa shape index (κ1) is 14.5. The Hall–Kier alpha value is -1.92. The number of sulfone groups is 2. The third-order valence-corrected chi connectivity index (χ3v) is 5.58. The average Bonchev–Trinajstić information content (AvgIpc) is 2.47. The zero-order valence-electron chi connectivity index (χ0n) is 10.4. The Morgan fingerprint density at radius 2 is 0.850 bits per heavy atom. The monoisotopic (exact) mass is 308 g/mol. The topological polar surface area (TPSA) is 68.3 Å². The second kappa shape index (κ2) is 5.60. The van der Waals surface area contributed by atoms with Crippen LogP contribution < -0.4 is 0 Å². The van der Waals surface area contributed by atoms with Crippen molar-refractivity contribution in [3.8, 4) is 0 Å². The summed E-state index contributed by atoms with van der Waals surface area (Å²) in [5.74, 6) is 0. The minimum Gasteiger partial charge on any atom is -0.219 e. The molecule has 2 aromatic carbocycles. The van der Waals surface area contributed by atoms with Crippen LogP contribution in [0.15, 0.2) is 81.3 Å². The molecule has 0 saturated carbocycles. The van der Waals surface area contributed by atoms with Gasteiger partial charge < -0.3 is 0 Å². The Kier molecular flexibility index (Phi) is 4.06. The van der Waals surface area contributed by atoms with E-state index in [1.807, 2.05) is 0 Å². The van der Waals surface area contributed by atoms with Crippen molar-refractivity contribution in [1.29, 1.82) is 0 Å². The second-order valence-electron chi connectivity index (χ2n) is 3.99. The molecule has 0 aromatic heterocycles. The summed E-state index contributed by atoms with van der Waals surface area (Å²) in [6.45, 7) is 0. The van der Waals surface area contributed by atoms with E-state index < -0.39 is 19.7 Å². The Balaban J connectivity index is 2.35. The molecule has 0 radical (unpaired) electrons. The van der Waals surface area contributed by atoms with Crippen LogP contribution in [0, 0.1) is 0 Å². The summed E-state index contributed by atoms with van der Waals surface area (Å²) < 4.78 is 47.8. The number of benzene rings is 2. The molecule has 0 fully saturated rings. The Morgan fingerprint density at radius 1 is 0.550 bits per heavy atom. The minimum absolute atomic E-state index is 0.0551. The van der Waals surface area contributed by atoms with Gasteiger partial charge in [0.1, 0.15) is 0 Å². The van der Waals surface area contributed by atoms with Gasteiger partial charge in [-0.25, -0.2) is 16.8 Å². The van der Waals surface area contributed by atoms with Gasteiger partial charge in [0.15, 0.2) is 0 Å². The van der Waals surface area contributed by atoms with Gasteiger partial charge in [-0.15, -0.1) is 0 Å². The lowest BCUT2D eigenvalue weighted by Crippen LogP contribution is -2.00. The molecule has 0 aliphatic rings. The number of hydrogen-bond acceptors (Lipinski definition) is 4. The van der Waals surface area contributed by atoms with Gasteiger partial charge in [-0.3, -0.25) is 0 Å². The fraction of sp³-hybridized carbons (Fsp3) is 0. The molecule has 0 bridgehead atoms. The van der Waals surface area contributed by atoms with Crippen LogP contribution in [-0.2, 0) is 19.7 Å². The van der Waals surface area contributed by atoms with Crippen molar-refractivity contribution in [3.05, 3.63) is 71.5 Å². The maximum Gasteiger partial charge on any atom is 0.200 e. The molecular weight excluding hydrogens is 296 g/mol. The maximum absolute atomic E-state index is 12.0. The van der Waals surface area contributed by atoms with E-state index in [2.05, 4.69) is 0 Å². The van der Waals surface area contributed by atoms with Gasteiger partial charge in [-0.1, -0.05) is 36.4 Å². The molecule has 20 heavy (non-hydrogen) atoms. The summed E-state index contributed by atoms with van der Waals surface area (Å²) in [5.41, 5.74) is 0. The summed E-state index contributed by atoms with van der Waals surface area (Å²) >= 11 is 0. The van der Waals surface area contributed by atoms with Crippen LogP contribution in [0.3, 0.4) is 0 Å². The van der Waals surface area contributed by atoms with Crippen molar-refractivity contribution in [2.45, 2.75) is 9.79 Å². The average molecular weight is 308 g/mol. The van der Waals surface area contributed by atoms with E-state index in [-0.39, 0.29) is 9.79 Å². The van der Waals surface area contributed by atoms with E-state index in [9.17, 15) is 16.8 Å². The molecule has 104 valence electrons. The predicted molar refractivity (Wildman–Crippen MR) is 76.4 cm³/mol. The lowest BCUT2D eigenvalue weighted by Gasteiger charge is -2.00. The third kappa shape index (κ3) is 3.34. The van der Waals surface area contributed by atoms with E-state index in [0.717, 1.165) is 0 Å². The molecule has 2 rings (SSSR count). The van der Waals surface area contributed by atoms with Crippen molar-refractivity contribution < 1.29 is 16.8 Å². The minimum atomic E-state index is -3.76. The molecule has 0 amide bonds. The van der Waals surface area contributed by atoms with Gasteiger partial charge in [-0.05, 0) is 24.3 Å². The highest BCUT2D eigenvalue weighted by atomic mass is 32.2.